The Morgan fingerprint density at radius 3 is 3.15 bits per heavy atom. The Bertz CT molecular complexity index is 260. The molecule has 0 aliphatic carbocycles. The predicted octanol–water partition coefficient (Wildman–Crippen LogP) is -0.295. The minimum absolute atomic E-state index is 0.0183. The molecule has 0 atom stereocenters. The van der Waals surface area contributed by atoms with Crippen molar-refractivity contribution < 1.29 is 14.6 Å². The lowest BCUT2D eigenvalue weighted by Crippen LogP contribution is -2.10. The van der Waals surface area contributed by atoms with E-state index in [0.29, 0.717) is 31.9 Å². The summed E-state index contributed by atoms with van der Waals surface area (Å²) in [4.78, 5) is 14.2. The maximum Gasteiger partial charge on any atom is 0.185 e. The smallest absolute Gasteiger partial charge is 0.185 e. The zero-order chi connectivity index (χ0) is 9.52. The van der Waals surface area contributed by atoms with E-state index in [1.807, 2.05) is 0 Å². The molecule has 0 radical (unpaired) electrons. The fourth-order valence-electron chi connectivity index (χ4n) is 0.957. The van der Waals surface area contributed by atoms with E-state index in [2.05, 4.69) is 4.98 Å². The molecule has 1 N–H and O–H groups in total. The maximum absolute atomic E-state index is 10.4. The number of carbonyl (C=O) groups excluding carboxylic acids is 1. The summed E-state index contributed by atoms with van der Waals surface area (Å²) in [6.07, 6.45) is 3.98. The fourth-order valence-corrected chi connectivity index (χ4v) is 0.957. The fraction of sp³-hybridized carbons (Fsp3) is 0.500. The van der Waals surface area contributed by atoms with Crippen molar-refractivity contribution in [1.29, 1.82) is 0 Å². The number of aliphatic hydroxyl groups is 1. The Labute approximate surface area is 76.0 Å². The molecule has 1 aromatic rings. The van der Waals surface area contributed by atoms with Gasteiger partial charge in [-0.2, -0.15) is 0 Å². The number of carbonyl (C=O) groups is 1. The van der Waals surface area contributed by atoms with Gasteiger partial charge in [-0.15, -0.1) is 0 Å². The van der Waals surface area contributed by atoms with Crippen molar-refractivity contribution in [3.63, 3.8) is 0 Å². The third kappa shape index (κ3) is 2.96. The molecule has 0 saturated heterocycles. The van der Waals surface area contributed by atoms with E-state index in [4.69, 9.17) is 9.84 Å². The van der Waals surface area contributed by atoms with Crippen molar-refractivity contribution >= 4 is 6.29 Å². The molecule has 0 amide bonds. The molecule has 0 aliphatic rings. The van der Waals surface area contributed by atoms with Gasteiger partial charge in [-0.05, 0) is 0 Å². The van der Waals surface area contributed by atoms with Crippen molar-refractivity contribution in [2.75, 3.05) is 19.8 Å². The summed E-state index contributed by atoms with van der Waals surface area (Å²) in [7, 11) is 0. The van der Waals surface area contributed by atoms with Crippen LogP contribution in [0, 0.1) is 0 Å². The highest BCUT2D eigenvalue weighted by Crippen LogP contribution is 1.93. The van der Waals surface area contributed by atoms with Gasteiger partial charge in [0.15, 0.2) is 12.1 Å². The summed E-state index contributed by atoms with van der Waals surface area (Å²) >= 11 is 0. The molecule has 5 heteroatoms. The lowest BCUT2D eigenvalue weighted by molar-refractivity contribution is 0.0862. The maximum atomic E-state index is 10.4. The number of aromatic nitrogens is 2. The van der Waals surface area contributed by atoms with Gasteiger partial charge in [0.05, 0.1) is 19.8 Å². The van der Waals surface area contributed by atoms with E-state index < -0.39 is 0 Å². The average Bonchev–Trinajstić information content (AvgIpc) is 2.60. The summed E-state index contributed by atoms with van der Waals surface area (Å²) in [5.41, 5.74) is 0. The van der Waals surface area contributed by atoms with Crippen LogP contribution in [-0.4, -0.2) is 40.8 Å². The quantitative estimate of drug-likeness (QED) is 0.487. The molecule has 0 bridgehead atoms. The summed E-state index contributed by atoms with van der Waals surface area (Å²) in [6.45, 7) is 1.39. The Morgan fingerprint density at radius 2 is 2.46 bits per heavy atom. The molecule has 5 nitrogen and oxygen atoms in total. The molecule has 72 valence electrons. The van der Waals surface area contributed by atoms with Crippen LogP contribution in [0.25, 0.3) is 0 Å². The van der Waals surface area contributed by atoms with E-state index in [1.165, 1.54) is 0 Å². The van der Waals surface area contributed by atoms with Crippen LogP contribution in [-0.2, 0) is 11.3 Å². The monoisotopic (exact) mass is 184 g/mol. The van der Waals surface area contributed by atoms with E-state index in [9.17, 15) is 4.79 Å². The normalized spacial score (nSPS) is 10.2. The first kappa shape index (κ1) is 9.88. The van der Waals surface area contributed by atoms with Crippen molar-refractivity contribution in [3.05, 3.63) is 18.2 Å². The van der Waals surface area contributed by atoms with Crippen molar-refractivity contribution in [1.82, 2.24) is 9.55 Å². The molecule has 1 rings (SSSR count). The van der Waals surface area contributed by atoms with Crippen LogP contribution in [0.1, 0.15) is 10.6 Å². The molecule has 0 aromatic carbocycles. The number of hydrogen-bond acceptors (Lipinski definition) is 4. The number of hydrogen-bond donors (Lipinski definition) is 1. The zero-order valence-corrected chi connectivity index (χ0v) is 7.22. The van der Waals surface area contributed by atoms with Crippen LogP contribution in [0.4, 0.5) is 0 Å². The second-order valence-corrected chi connectivity index (χ2v) is 2.43. The van der Waals surface area contributed by atoms with Crippen LogP contribution < -0.4 is 0 Å². The van der Waals surface area contributed by atoms with Gasteiger partial charge >= 0.3 is 0 Å². The number of ether oxygens (including phenoxy) is 1. The standard InChI is InChI=1S/C8H12N2O3/c11-4-6-13-5-3-10-2-1-9-8(10)7-12/h1-2,7,11H,3-6H2. The lowest BCUT2D eigenvalue weighted by Gasteiger charge is -2.04. The molecule has 0 spiro atoms. The molecule has 0 saturated carbocycles. The van der Waals surface area contributed by atoms with Gasteiger partial charge in [0.2, 0.25) is 0 Å². The minimum Gasteiger partial charge on any atom is -0.394 e. The van der Waals surface area contributed by atoms with E-state index >= 15 is 0 Å². The molecular weight excluding hydrogens is 172 g/mol. The number of aldehydes is 1. The van der Waals surface area contributed by atoms with Crippen LogP contribution in [0.2, 0.25) is 0 Å². The van der Waals surface area contributed by atoms with E-state index in [0.717, 1.165) is 0 Å². The van der Waals surface area contributed by atoms with Gasteiger partial charge < -0.3 is 14.4 Å². The summed E-state index contributed by atoms with van der Waals surface area (Å²) in [5.74, 6) is 0.396. The summed E-state index contributed by atoms with van der Waals surface area (Å²) in [6, 6.07) is 0. The zero-order valence-electron chi connectivity index (χ0n) is 7.22. The molecule has 0 unspecified atom stereocenters. The molecular formula is C8H12N2O3. The van der Waals surface area contributed by atoms with Crippen LogP contribution in [0.3, 0.4) is 0 Å². The third-order valence-corrected chi connectivity index (χ3v) is 1.57. The number of aliphatic hydroxyl groups excluding tert-OH is 1. The highest BCUT2D eigenvalue weighted by Gasteiger charge is 1.99. The minimum atomic E-state index is 0.0183. The Balaban J connectivity index is 2.31. The third-order valence-electron chi connectivity index (χ3n) is 1.57. The van der Waals surface area contributed by atoms with Crippen LogP contribution in [0.5, 0.6) is 0 Å². The number of imidazole rings is 1. The SMILES string of the molecule is O=Cc1nccn1CCOCCO. The predicted molar refractivity (Wildman–Crippen MR) is 45.5 cm³/mol. The lowest BCUT2D eigenvalue weighted by atomic mass is 10.6. The van der Waals surface area contributed by atoms with Gasteiger partial charge in [0.1, 0.15) is 0 Å². The Hall–Kier alpha value is -1.20. The number of nitrogens with zero attached hydrogens (tertiary/aromatic N) is 2. The van der Waals surface area contributed by atoms with Crippen molar-refractivity contribution in [2.45, 2.75) is 6.54 Å². The molecule has 0 aliphatic heterocycles. The molecule has 0 fully saturated rings. The van der Waals surface area contributed by atoms with Gasteiger partial charge in [0.25, 0.3) is 0 Å². The summed E-state index contributed by atoms with van der Waals surface area (Å²) in [5, 5.41) is 8.42. The second-order valence-electron chi connectivity index (χ2n) is 2.43. The molecule has 1 heterocycles. The van der Waals surface area contributed by atoms with Gasteiger partial charge in [0, 0.05) is 18.9 Å². The topological polar surface area (TPSA) is 64.4 Å². The van der Waals surface area contributed by atoms with E-state index in [1.54, 1.807) is 17.0 Å². The van der Waals surface area contributed by atoms with Crippen LogP contribution in [0.15, 0.2) is 12.4 Å². The second kappa shape index (κ2) is 5.45. The highest BCUT2D eigenvalue weighted by atomic mass is 16.5. The average molecular weight is 184 g/mol. The van der Waals surface area contributed by atoms with Crippen molar-refractivity contribution in [3.8, 4) is 0 Å². The van der Waals surface area contributed by atoms with Gasteiger partial charge in [-0.25, -0.2) is 4.98 Å². The van der Waals surface area contributed by atoms with Gasteiger partial charge in [-0.3, -0.25) is 4.79 Å². The van der Waals surface area contributed by atoms with Gasteiger partial charge in [-0.1, -0.05) is 0 Å². The number of rotatable bonds is 6. The molecule has 13 heavy (non-hydrogen) atoms. The largest absolute Gasteiger partial charge is 0.394 e. The van der Waals surface area contributed by atoms with E-state index in [-0.39, 0.29) is 6.61 Å². The highest BCUT2D eigenvalue weighted by molar-refractivity contribution is 5.69. The van der Waals surface area contributed by atoms with Crippen LogP contribution >= 0.6 is 0 Å². The first-order valence-electron chi connectivity index (χ1n) is 4.03. The molecule has 1 aromatic heterocycles. The first-order valence-corrected chi connectivity index (χ1v) is 4.03. The van der Waals surface area contributed by atoms with Crippen molar-refractivity contribution in [2.24, 2.45) is 0 Å². The Morgan fingerprint density at radius 1 is 1.62 bits per heavy atom. The Kier molecular flexibility index (Phi) is 4.14. The first-order chi connectivity index (χ1) is 6.38. The summed E-state index contributed by atoms with van der Waals surface area (Å²) < 4.78 is 6.74.